The molecule has 11 nitrogen and oxygen atoms in total. The van der Waals surface area contributed by atoms with Crippen LogP contribution < -0.4 is 11.5 Å². The van der Waals surface area contributed by atoms with E-state index in [1.54, 1.807) is 0 Å². The number of phosphoric acid groups is 1. The summed E-state index contributed by atoms with van der Waals surface area (Å²) in [5.74, 6) is 0. The summed E-state index contributed by atoms with van der Waals surface area (Å²) < 4.78 is 14.5. The summed E-state index contributed by atoms with van der Waals surface area (Å²) >= 11 is 0. The lowest BCUT2D eigenvalue weighted by Gasteiger charge is -2.41. The molecule has 0 bridgehead atoms. The van der Waals surface area contributed by atoms with Crippen LogP contribution in [-0.2, 0) is 9.09 Å². The number of aliphatic hydroxyl groups excluding tert-OH is 5. The Labute approximate surface area is 177 Å². The standard InChI is InChI=1S/2C6H13N.C6H13O9P/c2*7-6-4-2-1-3-5-6;7-1-2(8)4(10)6(5(11)3(1)9)15-16(12,13)14/h2*6H,1-5,7H2;1-11H,(H2,12,13,14)/t;;1?,2-,3-,4-,5+,6?/m..1/s1. The third-order valence-electron chi connectivity index (χ3n) is 5.63. The summed E-state index contributed by atoms with van der Waals surface area (Å²) in [5, 5.41) is 46.1. The van der Waals surface area contributed by atoms with Gasteiger partial charge in [-0.25, -0.2) is 4.57 Å². The lowest BCUT2D eigenvalue weighted by atomic mass is 9.85. The fraction of sp³-hybridized carbons (Fsp3) is 1.00. The molecule has 0 aromatic carbocycles. The van der Waals surface area contributed by atoms with Crippen LogP contribution in [0.4, 0.5) is 0 Å². The van der Waals surface area contributed by atoms with Gasteiger partial charge in [0.1, 0.15) is 36.6 Å². The van der Waals surface area contributed by atoms with Gasteiger partial charge < -0.3 is 46.8 Å². The van der Waals surface area contributed by atoms with Crippen molar-refractivity contribution in [2.24, 2.45) is 11.5 Å². The Morgan fingerprint density at radius 1 is 0.600 bits per heavy atom. The maximum atomic E-state index is 10.5. The lowest BCUT2D eigenvalue weighted by molar-refractivity contribution is -0.219. The number of nitrogens with two attached hydrogens (primary N) is 2. The molecule has 2 unspecified atom stereocenters. The Morgan fingerprint density at radius 2 is 0.900 bits per heavy atom. The van der Waals surface area contributed by atoms with Gasteiger partial charge in [-0.15, -0.1) is 0 Å². The molecular formula is C18H39N2O9P. The topological polar surface area (TPSA) is 220 Å². The first kappa shape index (κ1) is 27.9. The van der Waals surface area contributed by atoms with E-state index in [0.29, 0.717) is 12.1 Å². The molecule has 0 amide bonds. The first-order valence-electron chi connectivity index (χ1n) is 10.6. The minimum Gasteiger partial charge on any atom is -0.387 e. The van der Waals surface area contributed by atoms with Gasteiger partial charge in [-0.05, 0) is 25.7 Å². The number of aliphatic hydroxyl groups is 5. The molecule has 0 aromatic rings. The van der Waals surface area contributed by atoms with E-state index in [9.17, 15) is 25.0 Å². The molecule has 3 fully saturated rings. The summed E-state index contributed by atoms with van der Waals surface area (Å²) in [6.07, 6.45) is 1.98. The van der Waals surface area contributed by atoms with Crippen LogP contribution in [-0.4, -0.2) is 84.0 Å². The predicted molar refractivity (Wildman–Crippen MR) is 109 cm³/mol. The number of rotatable bonds is 2. The number of hydrogen-bond donors (Lipinski definition) is 9. The van der Waals surface area contributed by atoms with E-state index in [2.05, 4.69) is 4.52 Å². The Morgan fingerprint density at radius 3 is 1.13 bits per heavy atom. The molecular weight excluding hydrogens is 419 g/mol. The van der Waals surface area contributed by atoms with Gasteiger partial charge in [0.25, 0.3) is 0 Å². The molecule has 180 valence electrons. The van der Waals surface area contributed by atoms with E-state index in [4.69, 9.17) is 26.4 Å². The second kappa shape index (κ2) is 13.4. The largest absolute Gasteiger partial charge is 0.470 e. The van der Waals surface area contributed by atoms with Gasteiger partial charge in [0.05, 0.1) is 0 Å². The second-order valence-electron chi connectivity index (χ2n) is 8.31. The third-order valence-corrected chi connectivity index (χ3v) is 6.15. The van der Waals surface area contributed by atoms with Crippen molar-refractivity contribution >= 4 is 7.82 Å². The van der Waals surface area contributed by atoms with Gasteiger partial charge in [-0.1, -0.05) is 38.5 Å². The van der Waals surface area contributed by atoms with Crippen molar-refractivity contribution in [2.45, 2.75) is 113 Å². The van der Waals surface area contributed by atoms with Crippen LogP contribution in [0.5, 0.6) is 0 Å². The molecule has 0 radical (unpaired) electrons. The SMILES string of the molecule is NC1CCCCC1.NC1CCCCC1.O=P(O)(O)OC1[C@@H](O)[C@H](O)C(O)[C@@H](O)[C@H]1O. The van der Waals surface area contributed by atoms with Gasteiger partial charge in [0.2, 0.25) is 0 Å². The monoisotopic (exact) mass is 458 g/mol. The maximum Gasteiger partial charge on any atom is 0.470 e. The van der Waals surface area contributed by atoms with Crippen molar-refractivity contribution in [3.05, 3.63) is 0 Å². The quantitative estimate of drug-likeness (QED) is 0.225. The summed E-state index contributed by atoms with van der Waals surface area (Å²) in [4.78, 5) is 17.0. The fourth-order valence-corrected chi connectivity index (χ4v) is 4.31. The van der Waals surface area contributed by atoms with Crippen LogP contribution >= 0.6 is 7.82 Å². The lowest BCUT2D eigenvalue weighted by Crippen LogP contribution is -2.64. The highest BCUT2D eigenvalue weighted by Crippen LogP contribution is 2.41. The highest BCUT2D eigenvalue weighted by molar-refractivity contribution is 7.46. The normalized spacial score (nSPS) is 36.2. The highest BCUT2D eigenvalue weighted by atomic mass is 31.2. The van der Waals surface area contributed by atoms with Gasteiger partial charge in [-0.2, -0.15) is 0 Å². The van der Waals surface area contributed by atoms with E-state index in [1.807, 2.05) is 0 Å². The van der Waals surface area contributed by atoms with E-state index in [1.165, 1.54) is 64.2 Å². The van der Waals surface area contributed by atoms with Crippen molar-refractivity contribution in [2.75, 3.05) is 0 Å². The smallest absolute Gasteiger partial charge is 0.387 e. The van der Waals surface area contributed by atoms with Crippen molar-refractivity contribution in [3.8, 4) is 0 Å². The molecule has 6 atom stereocenters. The molecule has 0 aliphatic heterocycles. The van der Waals surface area contributed by atoms with E-state index >= 15 is 0 Å². The van der Waals surface area contributed by atoms with E-state index < -0.39 is 44.4 Å². The first-order valence-corrected chi connectivity index (χ1v) is 12.1. The zero-order chi connectivity index (χ0) is 22.9. The van der Waals surface area contributed by atoms with Gasteiger partial charge in [0, 0.05) is 12.1 Å². The van der Waals surface area contributed by atoms with Crippen LogP contribution in [0.3, 0.4) is 0 Å². The molecule has 0 saturated heterocycles. The number of hydrogen-bond acceptors (Lipinski definition) is 9. The summed E-state index contributed by atoms with van der Waals surface area (Å²) in [7, 11) is -5.01. The Balaban J connectivity index is 0.000000263. The van der Waals surface area contributed by atoms with Crippen LogP contribution in [0.15, 0.2) is 0 Å². The van der Waals surface area contributed by atoms with Crippen LogP contribution in [0.1, 0.15) is 64.2 Å². The van der Waals surface area contributed by atoms with E-state index in [0.717, 1.165) is 0 Å². The Kier molecular flexibility index (Phi) is 12.4. The molecule has 3 aliphatic carbocycles. The average molecular weight is 458 g/mol. The number of phosphoric ester groups is 1. The summed E-state index contributed by atoms with van der Waals surface area (Å²) in [5.41, 5.74) is 11.3. The molecule has 3 aliphatic rings. The predicted octanol–water partition coefficient (Wildman–Crippen LogP) is -1.16. The molecule has 0 heterocycles. The molecule has 11 N–H and O–H groups in total. The summed E-state index contributed by atoms with van der Waals surface area (Å²) in [6.45, 7) is 0. The van der Waals surface area contributed by atoms with Crippen molar-refractivity contribution in [3.63, 3.8) is 0 Å². The molecule has 3 saturated carbocycles. The van der Waals surface area contributed by atoms with Gasteiger partial charge >= 0.3 is 7.82 Å². The molecule has 30 heavy (non-hydrogen) atoms. The minimum absolute atomic E-state index is 0.536. The third kappa shape index (κ3) is 9.97. The molecule has 12 heteroatoms. The molecule has 0 spiro atoms. The van der Waals surface area contributed by atoms with Crippen LogP contribution in [0.2, 0.25) is 0 Å². The van der Waals surface area contributed by atoms with Crippen LogP contribution in [0, 0.1) is 0 Å². The average Bonchev–Trinajstić information content (AvgIpc) is 2.70. The first-order chi connectivity index (χ1) is 13.9. The van der Waals surface area contributed by atoms with Crippen molar-refractivity contribution < 1.29 is 44.4 Å². The van der Waals surface area contributed by atoms with Crippen LogP contribution in [0.25, 0.3) is 0 Å². The zero-order valence-electron chi connectivity index (χ0n) is 17.2. The van der Waals surface area contributed by atoms with Gasteiger partial charge in [0.15, 0.2) is 0 Å². The Hall–Kier alpha value is -0.170. The zero-order valence-corrected chi connectivity index (χ0v) is 18.1. The highest BCUT2D eigenvalue weighted by Gasteiger charge is 2.50. The molecule has 0 aromatic heterocycles. The van der Waals surface area contributed by atoms with Crippen molar-refractivity contribution in [1.82, 2.24) is 0 Å². The minimum atomic E-state index is -5.01. The van der Waals surface area contributed by atoms with Crippen molar-refractivity contribution in [1.29, 1.82) is 0 Å². The second-order valence-corrected chi connectivity index (χ2v) is 9.50. The molecule has 3 rings (SSSR count). The fourth-order valence-electron chi connectivity index (χ4n) is 3.75. The van der Waals surface area contributed by atoms with Gasteiger partial charge in [-0.3, -0.25) is 4.52 Å². The maximum absolute atomic E-state index is 10.5. The summed E-state index contributed by atoms with van der Waals surface area (Å²) in [6, 6.07) is 1.07. The van der Waals surface area contributed by atoms with E-state index in [-0.39, 0.29) is 0 Å². The Bertz CT molecular complexity index is 480.